The first kappa shape index (κ1) is 13.2. The van der Waals surface area contributed by atoms with Gasteiger partial charge in [0.05, 0.1) is 6.42 Å². The third kappa shape index (κ3) is 3.39. The van der Waals surface area contributed by atoms with Crippen molar-refractivity contribution in [2.45, 2.75) is 6.42 Å². The lowest BCUT2D eigenvalue weighted by atomic mass is 10.1. The van der Waals surface area contributed by atoms with Gasteiger partial charge in [-0.1, -0.05) is 30.3 Å². The zero-order valence-electron chi connectivity index (χ0n) is 11.6. The molecule has 0 aliphatic rings. The van der Waals surface area contributed by atoms with Crippen LogP contribution in [0.3, 0.4) is 0 Å². The number of amides is 1. The number of hydrogen-bond acceptors (Lipinski definition) is 1. The highest BCUT2D eigenvalue weighted by Crippen LogP contribution is 2.14. The standard InChI is InChI=1S/C18H16N2O/c21-18(14-15-6-2-1-3-7-15)19-16-8-10-17(11-9-16)20-12-4-5-13-20/h1-13H,14H2,(H,19,21). The Morgan fingerprint density at radius 2 is 1.52 bits per heavy atom. The van der Waals surface area contributed by atoms with E-state index in [1.54, 1.807) is 0 Å². The average molecular weight is 276 g/mol. The lowest BCUT2D eigenvalue weighted by Crippen LogP contribution is -2.14. The predicted molar refractivity (Wildman–Crippen MR) is 84.5 cm³/mol. The van der Waals surface area contributed by atoms with Crippen LogP contribution in [0.15, 0.2) is 79.1 Å². The first-order valence-electron chi connectivity index (χ1n) is 6.88. The number of benzene rings is 2. The molecule has 0 fully saturated rings. The molecule has 0 saturated heterocycles. The number of carbonyl (C=O) groups is 1. The van der Waals surface area contributed by atoms with Crippen molar-refractivity contribution in [1.82, 2.24) is 4.57 Å². The zero-order chi connectivity index (χ0) is 14.5. The second-order valence-corrected chi connectivity index (χ2v) is 4.85. The second-order valence-electron chi connectivity index (χ2n) is 4.85. The van der Waals surface area contributed by atoms with Crippen molar-refractivity contribution in [1.29, 1.82) is 0 Å². The van der Waals surface area contributed by atoms with E-state index in [1.807, 2.05) is 83.7 Å². The van der Waals surface area contributed by atoms with Crippen molar-refractivity contribution in [2.75, 3.05) is 5.32 Å². The lowest BCUT2D eigenvalue weighted by molar-refractivity contribution is -0.115. The summed E-state index contributed by atoms with van der Waals surface area (Å²) in [5, 5.41) is 2.91. The van der Waals surface area contributed by atoms with Gasteiger partial charge in [-0.05, 0) is 42.0 Å². The molecule has 1 aromatic heterocycles. The van der Waals surface area contributed by atoms with Crippen LogP contribution in [0.2, 0.25) is 0 Å². The highest BCUT2D eigenvalue weighted by atomic mass is 16.1. The first-order chi connectivity index (χ1) is 10.3. The summed E-state index contributed by atoms with van der Waals surface area (Å²) in [4.78, 5) is 12.0. The van der Waals surface area contributed by atoms with Crippen molar-refractivity contribution in [2.24, 2.45) is 0 Å². The van der Waals surface area contributed by atoms with Gasteiger partial charge < -0.3 is 9.88 Å². The Morgan fingerprint density at radius 1 is 0.857 bits per heavy atom. The minimum absolute atomic E-state index is 0.00471. The topological polar surface area (TPSA) is 34.0 Å². The Kier molecular flexibility index (Phi) is 3.83. The summed E-state index contributed by atoms with van der Waals surface area (Å²) in [5.74, 6) is -0.00471. The highest BCUT2D eigenvalue weighted by Gasteiger charge is 2.04. The van der Waals surface area contributed by atoms with E-state index in [1.165, 1.54) is 0 Å². The Bertz CT molecular complexity index is 701. The smallest absolute Gasteiger partial charge is 0.228 e. The number of anilines is 1. The van der Waals surface area contributed by atoms with Crippen molar-refractivity contribution in [3.05, 3.63) is 84.7 Å². The molecule has 1 amide bonds. The fraction of sp³-hybridized carbons (Fsp3) is 0.0556. The average Bonchev–Trinajstić information content (AvgIpc) is 3.03. The Balaban J connectivity index is 1.64. The zero-order valence-corrected chi connectivity index (χ0v) is 11.6. The summed E-state index contributed by atoms with van der Waals surface area (Å²) in [6.07, 6.45) is 4.37. The molecular weight excluding hydrogens is 260 g/mol. The van der Waals surface area contributed by atoms with Crippen molar-refractivity contribution in [3.8, 4) is 5.69 Å². The molecule has 1 heterocycles. The minimum atomic E-state index is -0.00471. The van der Waals surface area contributed by atoms with Crippen LogP contribution in [0.1, 0.15) is 5.56 Å². The van der Waals surface area contributed by atoms with Gasteiger partial charge in [0, 0.05) is 23.8 Å². The van der Waals surface area contributed by atoms with Gasteiger partial charge in [-0.2, -0.15) is 0 Å². The summed E-state index contributed by atoms with van der Waals surface area (Å²) in [7, 11) is 0. The van der Waals surface area contributed by atoms with E-state index >= 15 is 0 Å². The van der Waals surface area contributed by atoms with E-state index in [-0.39, 0.29) is 5.91 Å². The van der Waals surface area contributed by atoms with Gasteiger partial charge in [0.25, 0.3) is 0 Å². The van der Waals surface area contributed by atoms with Gasteiger partial charge >= 0.3 is 0 Å². The van der Waals surface area contributed by atoms with E-state index < -0.39 is 0 Å². The summed E-state index contributed by atoms with van der Waals surface area (Å²) < 4.78 is 2.02. The van der Waals surface area contributed by atoms with Gasteiger partial charge in [-0.3, -0.25) is 4.79 Å². The molecule has 0 atom stereocenters. The molecule has 0 spiro atoms. The number of nitrogens with zero attached hydrogens (tertiary/aromatic N) is 1. The van der Waals surface area contributed by atoms with Crippen LogP contribution in [0.5, 0.6) is 0 Å². The Labute approximate surface area is 123 Å². The van der Waals surface area contributed by atoms with Crippen LogP contribution in [-0.4, -0.2) is 10.5 Å². The third-order valence-corrected chi connectivity index (χ3v) is 3.26. The number of aromatic nitrogens is 1. The van der Waals surface area contributed by atoms with Crippen LogP contribution in [0.4, 0.5) is 5.69 Å². The van der Waals surface area contributed by atoms with Crippen LogP contribution in [0, 0.1) is 0 Å². The number of hydrogen-bond donors (Lipinski definition) is 1. The molecule has 3 heteroatoms. The molecular formula is C18H16N2O. The second kappa shape index (κ2) is 6.09. The highest BCUT2D eigenvalue weighted by molar-refractivity contribution is 5.92. The van der Waals surface area contributed by atoms with E-state index in [4.69, 9.17) is 0 Å². The molecule has 21 heavy (non-hydrogen) atoms. The van der Waals surface area contributed by atoms with Crippen LogP contribution in [0.25, 0.3) is 5.69 Å². The van der Waals surface area contributed by atoms with Crippen LogP contribution >= 0.6 is 0 Å². The van der Waals surface area contributed by atoms with Crippen molar-refractivity contribution >= 4 is 11.6 Å². The molecule has 0 aliphatic carbocycles. The van der Waals surface area contributed by atoms with Gasteiger partial charge in [-0.15, -0.1) is 0 Å². The molecule has 3 aromatic rings. The Hall–Kier alpha value is -2.81. The van der Waals surface area contributed by atoms with Gasteiger partial charge in [0.2, 0.25) is 5.91 Å². The molecule has 3 nitrogen and oxygen atoms in total. The molecule has 104 valence electrons. The minimum Gasteiger partial charge on any atom is -0.326 e. The molecule has 0 unspecified atom stereocenters. The maximum absolute atomic E-state index is 12.0. The van der Waals surface area contributed by atoms with Crippen molar-refractivity contribution in [3.63, 3.8) is 0 Å². The molecule has 3 rings (SSSR count). The SMILES string of the molecule is O=C(Cc1ccccc1)Nc1ccc(-n2cccc2)cc1. The van der Waals surface area contributed by atoms with E-state index in [0.717, 1.165) is 16.9 Å². The maximum atomic E-state index is 12.0. The fourth-order valence-electron chi connectivity index (χ4n) is 2.21. The maximum Gasteiger partial charge on any atom is 0.228 e. The molecule has 0 radical (unpaired) electrons. The number of carbonyl (C=O) groups excluding carboxylic acids is 1. The van der Waals surface area contributed by atoms with Gasteiger partial charge in [0.15, 0.2) is 0 Å². The summed E-state index contributed by atoms with van der Waals surface area (Å²) in [6.45, 7) is 0. The third-order valence-electron chi connectivity index (χ3n) is 3.26. The van der Waals surface area contributed by atoms with Crippen LogP contribution < -0.4 is 5.32 Å². The van der Waals surface area contributed by atoms with E-state index in [2.05, 4.69) is 5.32 Å². The van der Waals surface area contributed by atoms with Gasteiger partial charge in [-0.25, -0.2) is 0 Å². The van der Waals surface area contributed by atoms with Crippen LogP contribution in [-0.2, 0) is 11.2 Å². The van der Waals surface area contributed by atoms with Crippen molar-refractivity contribution < 1.29 is 4.79 Å². The van der Waals surface area contributed by atoms with E-state index in [0.29, 0.717) is 6.42 Å². The predicted octanol–water partition coefficient (Wildman–Crippen LogP) is 3.66. The molecule has 0 bridgehead atoms. The lowest BCUT2D eigenvalue weighted by Gasteiger charge is -2.07. The molecule has 2 aromatic carbocycles. The normalized spacial score (nSPS) is 10.3. The molecule has 0 saturated carbocycles. The van der Waals surface area contributed by atoms with E-state index in [9.17, 15) is 4.79 Å². The molecule has 1 N–H and O–H groups in total. The largest absolute Gasteiger partial charge is 0.326 e. The monoisotopic (exact) mass is 276 g/mol. The Morgan fingerprint density at radius 3 is 2.19 bits per heavy atom. The fourth-order valence-corrected chi connectivity index (χ4v) is 2.21. The first-order valence-corrected chi connectivity index (χ1v) is 6.88. The molecule has 0 aliphatic heterocycles. The summed E-state index contributed by atoms with van der Waals surface area (Å²) in [6, 6.07) is 21.5. The quantitative estimate of drug-likeness (QED) is 0.775. The number of rotatable bonds is 4. The summed E-state index contributed by atoms with van der Waals surface area (Å²) >= 11 is 0. The summed E-state index contributed by atoms with van der Waals surface area (Å²) in [5.41, 5.74) is 2.90. The van der Waals surface area contributed by atoms with Gasteiger partial charge in [0.1, 0.15) is 0 Å². The number of nitrogens with one attached hydrogen (secondary N) is 1.